The van der Waals surface area contributed by atoms with E-state index in [1.165, 1.54) is 0 Å². The average molecular weight is 344 g/mol. The first kappa shape index (κ1) is 17.0. The van der Waals surface area contributed by atoms with E-state index in [9.17, 15) is 9.90 Å². The lowest BCUT2D eigenvalue weighted by molar-refractivity contribution is -0.122. The Hall–Kier alpha value is -1.07. The summed E-state index contributed by atoms with van der Waals surface area (Å²) < 4.78 is 6.47. The van der Waals surface area contributed by atoms with Crippen LogP contribution < -0.4 is 10.1 Å². The molecular weight excluding hydrogens is 322 g/mol. The monoisotopic (exact) mass is 343 g/mol. The maximum atomic E-state index is 11.7. The summed E-state index contributed by atoms with van der Waals surface area (Å²) in [5, 5.41) is 12.0. The van der Waals surface area contributed by atoms with Gasteiger partial charge in [-0.2, -0.15) is 0 Å². The lowest BCUT2D eigenvalue weighted by Crippen LogP contribution is -2.38. The van der Waals surface area contributed by atoms with Gasteiger partial charge in [0.15, 0.2) is 0 Å². The van der Waals surface area contributed by atoms with Crippen LogP contribution in [0.15, 0.2) is 28.7 Å². The Labute approximate surface area is 128 Å². The first-order valence-electron chi connectivity index (χ1n) is 6.80. The van der Waals surface area contributed by atoms with Crippen molar-refractivity contribution >= 4 is 21.8 Å². The molecular formula is C15H22BrNO3. The number of rotatable bonds is 8. The third kappa shape index (κ3) is 6.91. The van der Waals surface area contributed by atoms with Crippen LogP contribution in [0.1, 0.15) is 26.7 Å². The maximum absolute atomic E-state index is 11.7. The van der Waals surface area contributed by atoms with Gasteiger partial charge < -0.3 is 15.2 Å². The standard InChI is InChI=1S/C15H22BrNO3/c1-11(2)9-13(10-18)17-15(19)7-8-20-14-5-3-12(16)4-6-14/h3-6,11,13,18H,7-10H2,1-2H3,(H,17,19). The molecule has 0 heterocycles. The van der Waals surface area contributed by atoms with Gasteiger partial charge in [-0.1, -0.05) is 29.8 Å². The van der Waals surface area contributed by atoms with E-state index in [1.807, 2.05) is 24.3 Å². The second kappa shape index (κ2) is 8.97. The predicted octanol–water partition coefficient (Wildman–Crippen LogP) is 2.74. The summed E-state index contributed by atoms with van der Waals surface area (Å²) in [5.41, 5.74) is 0. The molecule has 1 atom stereocenters. The van der Waals surface area contributed by atoms with Gasteiger partial charge in [0.05, 0.1) is 25.7 Å². The van der Waals surface area contributed by atoms with Crippen molar-refractivity contribution in [1.29, 1.82) is 0 Å². The highest BCUT2D eigenvalue weighted by Crippen LogP contribution is 2.16. The van der Waals surface area contributed by atoms with Gasteiger partial charge in [0.1, 0.15) is 5.75 Å². The van der Waals surface area contributed by atoms with Crippen LogP contribution in [0.2, 0.25) is 0 Å². The van der Waals surface area contributed by atoms with Gasteiger partial charge in [-0.05, 0) is 36.6 Å². The number of aliphatic hydroxyl groups is 1. The van der Waals surface area contributed by atoms with Crippen LogP contribution in [-0.2, 0) is 4.79 Å². The highest BCUT2D eigenvalue weighted by atomic mass is 79.9. The molecule has 0 aliphatic carbocycles. The molecule has 1 aromatic carbocycles. The van der Waals surface area contributed by atoms with Gasteiger partial charge in [-0.15, -0.1) is 0 Å². The van der Waals surface area contributed by atoms with E-state index in [-0.39, 0.29) is 25.0 Å². The van der Waals surface area contributed by atoms with E-state index in [2.05, 4.69) is 35.1 Å². The fourth-order valence-corrected chi connectivity index (χ4v) is 2.10. The van der Waals surface area contributed by atoms with Crippen molar-refractivity contribution in [3.8, 4) is 5.75 Å². The molecule has 0 aliphatic rings. The number of carbonyl (C=O) groups is 1. The van der Waals surface area contributed by atoms with E-state index >= 15 is 0 Å². The number of amides is 1. The summed E-state index contributed by atoms with van der Waals surface area (Å²) in [4.78, 5) is 11.7. The normalized spacial score (nSPS) is 12.2. The molecule has 1 aromatic rings. The first-order chi connectivity index (χ1) is 9.51. The van der Waals surface area contributed by atoms with E-state index < -0.39 is 0 Å². The number of hydrogen-bond acceptors (Lipinski definition) is 3. The number of aliphatic hydroxyl groups excluding tert-OH is 1. The highest BCUT2D eigenvalue weighted by molar-refractivity contribution is 9.10. The molecule has 1 unspecified atom stereocenters. The largest absolute Gasteiger partial charge is 0.493 e. The van der Waals surface area contributed by atoms with Gasteiger partial charge in [-0.25, -0.2) is 0 Å². The third-order valence-electron chi connectivity index (χ3n) is 2.75. The van der Waals surface area contributed by atoms with Crippen LogP contribution in [-0.4, -0.2) is 30.3 Å². The molecule has 20 heavy (non-hydrogen) atoms. The Morgan fingerprint density at radius 3 is 2.55 bits per heavy atom. The fourth-order valence-electron chi connectivity index (χ4n) is 1.84. The third-order valence-corrected chi connectivity index (χ3v) is 3.28. The van der Waals surface area contributed by atoms with Crippen molar-refractivity contribution in [2.75, 3.05) is 13.2 Å². The first-order valence-corrected chi connectivity index (χ1v) is 7.59. The number of halogens is 1. The molecule has 1 amide bonds. The molecule has 0 aromatic heterocycles. The van der Waals surface area contributed by atoms with Gasteiger partial charge in [0.25, 0.3) is 0 Å². The minimum Gasteiger partial charge on any atom is -0.493 e. The second-order valence-electron chi connectivity index (χ2n) is 5.13. The molecule has 112 valence electrons. The lowest BCUT2D eigenvalue weighted by atomic mass is 10.0. The second-order valence-corrected chi connectivity index (χ2v) is 6.04. The molecule has 0 aliphatic heterocycles. The maximum Gasteiger partial charge on any atom is 0.223 e. The molecule has 0 spiro atoms. The van der Waals surface area contributed by atoms with E-state index in [0.717, 1.165) is 16.6 Å². The minimum absolute atomic E-state index is 0.0303. The molecule has 0 saturated heterocycles. The Morgan fingerprint density at radius 2 is 2.00 bits per heavy atom. The van der Waals surface area contributed by atoms with Crippen LogP contribution in [0.4, 0.5) is 0 Å². The zero-order valence-electron chi connectivity index (χ0n) is 11.9. The summed E-state index contributed by atoms with van der Waals surface area (Å²) in [6.07, 6.45) is 1.06. The van der Waals surface area contributed by atoms with E-state index in [1.54, 1.807) is 0 Å². The highest BCUT2D eigenvalue weighted by Gasteiger charge is 2.12. The summed E-state index contributed by atoms with van der Waals surface area (Å²) in [6.45, 7) is 4.42. The smallest absolute Gasteiger partial charge is 0.223 e. The number of nitrogens with one attached hydrogen (secondary N) is 1. The summed E-state index contributed by atoms with van der Waals surface area (Å²) >= 11 is 3.35. The SMILES string of the molecule is CC(C)CC(CO)NC(=O)CCOc1ccc(Br)cc1. The summed E-state index contributed by atoms with van der Waals surface area (Å²) in [6, 6.07) is 7.30. The number of hydrogen-bond donors (Lipinski definition) is 2. The molecule has 0 saturated carbocycles. The minimum atomic E-state index is -0.171. The molecule has 0 fully saturated rings. The zero-order valence-corrected chi connectivity index (χ0v) is 13.5. The average Bonchev–Trinajstić information content (AvgIpc) is 2.39. The topological polar surface area (TPSA) is 58.6 Å². The van der Waals surface area contributed by atoms with Gasteiger partial charge in [-0.3, -0.25) is 4.79 Å². The van der Waals surface area contributed by atoms with Crippen LogP contribution >= 0.6 is 15.9 Å². The van der Waals surface area contributed by atoms with Crippen molar-refractivity contribution < 1.29 is 14.6 Å². The van der Waals surface area contributed by atoms with Crippen molar-refractivity contribution in [1.82, 2.24) is 5.32 Å². The van der Waals surface area contributed by atoms with Crippen molar-refractivity contribution in [3.63, 3.8) is 0 Å². The quantitative estimate of drug-likeness (QED) is 0.762. The van der Waals surface area contributed by atoms with Crippen molar-refractivity contribution in [2.24, 2.45) is 5.92 Å². The Morgan fingerprint density at radius 1 is 1.35 bits per heavy atom. The van der Waals surface area contributed by atoms with Crippen molar-refractivity contribution in [3.05, 3.63) is 28.7 Å². The number of ether oxygens (including phenoxy) is 1. The molecule has 2 N–H and O–H groups in total. The lowest BCUT2D eigenvalue weighted by Gasteiger charge is -2.18. The number of carbonyl (C=O) groups excluding carboxylic acids is 1. The van der Waals surface area contributed by atoms with Crippen LogP contribution in [0.25, 0.3) is 0 Å². The van der Waals surface area contributed by atoms with Crippen LogP contribution in [0.3, 0.4) is 0 Å². The van der Waals surface area contributed by atoms with Gasteiger partial charge >= 0.3 is 0 Å². The molecule has 1 rings (SSSR count). The Kier molecular flexibility index (Phi) is 7.62. The van der Waals surface area contributed by atoms with E-state index in [4.69, 9.17) is 4.74 Å². The zero-order chi connectivity index (χ0) is 15.0. The van der Waals surface area contributed by atoms with Gasteiger partial charge in [0, 0.05) is 4.47 Å². The van der Waals surface area contributed by atoms with Crippen molar-refractivity contribution in [2.45, 2.75) is 32.7 Å². The van der Waals surface area contributed by atoms with Gasteiger partial charge in [0.2, 0.25) is 5.91 Å². The Balaban J connectivity index is 2.27. The fraction of sp³-hybridized carbons (Fsp3) is 0.533. The molecule has 0 radical (unpaired) electrons. The van der Waals surface area contributed by atoms with E-state index in [0.29, 0.717) is 12.5 Å². The van der Waals surface area contributed by atoms with Crippen LogP contribution in [0.5, 0.6) is 5.75 Å². The van der Waals surface area contributed by atoms with Crippen LogP contribution in [0, 0.1) is 5.92 Å². The summed E-state index contributed by atoms with van der Waals surface area (Å²) in [7, 11) is 0. The summed E-state index contributed by atoms with van der Waals surface area (Å²) in [5.74, 6) is 1.08. The predicted molar refractivity (Wildman–Crippen MR) is 82.7 cm³/mol. The molecule has 4 nitrogen and oxygen atoms in total. The molecule has 0 bridgehead atoms. The number of benzene rings is 1. The Bertz CT molecular complexity index is 406. The molecule has 5 heteroatoms.